The van der Waals surface area contributed by atoms with Crippen molar-refractivity contribution in [1.82, 2.24) is 10.2 Å². The van der Waals surface area contributed by atoms with Crippen LogP contribution in [-0.4, -0.2) is 110 Å². The van der Waals surface area contributed by atoms with E-state index in [0.717, 1.165) is 44.0 Å². The van der Waals surface area contributed by atoms with Crippen molar-refractivity contribution in [1.29, 1.82) is 0 Å². The van der Waals surface area contributed by atoms with Gasteiger partial charge < -0.3 is 35.2 Å². The summed E-state index contributed by atoms with van der Waals surface area (Å²) in [6.07, 6.45) is -0.247. The smallest absolute Gasteiger partial charge is 0.341 e. The molecule has 1 aromatic carbocycles. The van der Waals surface area contributed by atoms with Crippen molar-refractivity contribution in [2.24, 2.45) is 5.92 Å². The molecule has 1 amide bonds. The van der Waals surface area contributed by atoms with Crippen LogP contribution in [0.5, 0.6) is 5.75 Å². The van der Waals surface area contributed by atoms with Gasteiger partial charge in [-0.1, -0.05) is 38.3 Å². The maximum absolute atomic E-state index is 13.3. The maximum Gasteiger partial charge on any atom is 0.341 e. The van der Waals surface area contributed by atoms with Gasteiger partial charge in [0.15, 0.2) is 0 Å². The van der Waals surface area contributed by atoms with Crippen LogP contribution in [0.4, 0.5) is 0 Å². The molecule has 2 aliphatic rings. The molecule has 5 N–H and O–H groups in total. The molecule has 0 bridgehead atoms. The van der Waals surface area contributed by atoms with E-state index in [9.17, 15) is 30.0 Å². The highest BCUT2D eigenvalue weighted by molar-refractivity contribution is 7.99. The lowest BCUT2D eigenvalue weighted by molar-refractivity contribution is -0.205. The van der Waals surface area contributed by atoms with Crippen molar-refractivity contribution < 1.29 is 39.5 Å². The lowest BCUT2D eigenvalue weighted by Crippen LogP contribution is -2.65. The number of halogens is 1. The van der Waals surface area contributed by atoms with Crippen molar-refractivity contribution in [3.63, 3.8) is 0 Å². The number of phenols is 1. The van der Waals surface area contributed by atoms with Gasteiger partial charge in [0, 0.05) is 12.3 Å². The van der Waals surface area contributed by atoms with E-state index in [-0.39, 0.29) is 35.6 Å². The van der Waals surface area contributed by atoms with E-state index in [2.05, 4.69) is 12.2 Å². The van der Waals surface area contributed by atoms with Gasteiger partial charge in [-0.2, -0.15) is 0 Å². The summed E-state index contributed by atoms with van der Waals surface area (Å²) in [6, 6.07) is 4.86. The maximum atomic E-state index is 13.3. The number of rotatable bonds is 13. The second-order valence-electron chi connectivity index (χ2n) is 10.7. The zero-order valence-corrected chi connectivity index (χ0v) is 24.9. The fraction of sp³-hybridized carbons (Fsp3) is 0.714. The molecular weight excluding hydrogens is 560 g/mol. The molecule has 0 saturated carbocycles. The van der Waals surface area contributed by atoms with Gasteiger partial charge in [0.1, 0.15) is 47.8 Å². The lowest BCUT2D eigenvalue weighted by Gasteiger charge is -2.44. The largest absolute Gasteiger partial charge is 0.507 e. The minimum Gasteiger partial charge on any atom is -0.507 e. The van der Waals surface area contributed by atoms with E-state index in [1.165, 1.54) is 18.6 Å². The average Bonchev–Trinajstić information content (AvgIpc) is 3.30. The summed E-state index contributed by atoms with van der Waals surface area (Å²) in [5, 5.41) is 44.0. The Morgan fingerprint density at radius 1 is 1.20 bits per heavy atom. The number of alkyl halides is 1. The molecule has 2 heterocycles. The number of carbonyl (C=O) groups is 2. The molecule has 0 aliphatic carbocycles. The van der Waals surface area contributed by atoms with Crippen LogP contribution in [0.25, 0.3) is 0 Å². The fourth-order valence-corrected chi connectivity index (χ4v) is 6.54. The van der Waals surface area contributed by atoms with Crippen molar-refractivity contribution in [3.05, 3.63) is 29.8 Å². The van der Waals surface area contributed by atoms with Crippen LogP contribution in [0.1, 0.15) is 56.3 Å². The number of hydrogen-bond donors (Lipinski definition) is 5. The molecule has 2 fully saturated rings. The number of carbonyl (C=O) groups excluding carboxylic acids is 2. The minimum absolute atomic E-state index is 0.0370. The first-order valence-corrected chi connectivity index (χ1v) is 15.4. The number of aromatic hydroxyl groups is 1. The van der Waals surface area contributed by atoms with Crippen LogP contribution >= 0.6 is 23.4 Å². The van der Waals surface area contributed by atoms with Gasteiger partial charge in [-0.3, -0.25) is 9.69 Å². The summed E-state index contributed by atoms with van der Waals surface area (Å²) < 4.78 is 11.2. The molecule has 40 heavy (non-hydrogen) atoms. The van der Waals surface area contributed by atoms with Crippen molar-refractivity contribution >= 4 is 35.2 Å². The molecular formula is C28H43ClN2O8S. The first kappa shape index (κ1) is 32.9. The van der Waals surface area contributed by atoms with Gasteiger partial charge >= 0.3 is 5.97 Å². The number of aliphatic hydroxyl groups is 3. The number of nitrogens with one attached hydrogen (secondary N) is 1. The molecule has 0 unspecified atom stereocenters. The Labute approximate surface area is 245 Å². The van der Waals surface area contributed by atoms with Crippen LogP contribution in [0, 0.1) is 5.92 Å². The van der Waals surface area contributed by atoms with Gasteiger partial charge in [0.25, 0.3) is 0 Å². The Bertz CT molecular complexity index is 972. The normalized spacial score (nSPS) is 30.5. The number of likely N-dealkylation sites (tertiary alicyclic amines) is 1. The Hall–Kier alpha value is -1.60. The predicted octanol–water partition coefficient (Wildman–Crippen LogP) is 2.10. The van der Waals surface area contributed by atoms with Crippen molar-refractivity contribution in [3.8, 4) is 5.75 Å². The number of unbranched alkanes of at least 4 members (excludes halogenated alkanes) is 2. The molecule has 0 aromatic heterocycles. The van der Waals surface area contributed by atoms with E-state index in [1.807, 2.05) is 11.9 Å². The lowest BCUT2D eigenvalue weighted by atomic mass is 9.92. The Morgan fingerprint density at radius 3 is 2.60 bits per heavy atom. The van der Waals surface area contributed by atoms with Crippen LogP contribution in [0.15, 0.2) is 24.3 Å². The number of esters is 1. The summed E-state index contributed by atoms with van der Waals surface area (Å²) >= 11 is 7.55. The molecule has 226 valence electrons. The predicted molar refractivity (Wildman–Crippen MR) is 153 cm³/mol. The Kier molecular flexibility index (Phi) is 12.8. The minimum atomic E-state index is -1.54. The summed E-state index contributed by atoms with van der Waals surface area (Å²) in [5.74, 6) is -0.454. The quantitative estimate of drug-likeness (QED) is 0.129. The molecule has 12 heteroatoms. The van der Waals surface area contributed by atoms with E-state index < -0.39 is 47.2 Å². The van der Waals surface area contributed by atoms with Gasteiger partial charge in [-0.15, -0.1) is 23.4 Å². The third kappa shape index (κ3) is 8.47. The Morgan fingerprint density at radius 2 is 1.93 bits per heavy atom. The number of para-hydroxylation sites is 1. The van der Waals surface area contributed by atoms with Crippen LogP contribution < -0.4 is 5.32 Å². The van der Waals surface area contributed by atoms with Crippen molar-refractivity contribution in [2.75, 3.05) is 26.0 Å². The molecule has 0 spiro atoms. The number of aliphatic hydroxyl groups excluding tert-OH is 3. The topological polar surface area (TPSA) is 149 Å². The molecule has 0 radical (unpaired) electrons. The van der Waals surface area contributed by atoms with E-state index in [0.29, 0.717) is 5.92 Å². The van der Waals surface area contributed by atoms with Crippen LogP contribution in [0.3, 0.4) is 0 Å². The zero-order valence-electron chi connectivity index (χ0n) is 23.3. The molecule has 1 aromatic rings. The highest BCUT2D eigenvalue weighted by atomic mass is 35.5. The average molecular weight is 603 g/mol. The highest BCUT2D eigenvalue weighted by Crippen LogP contribution is 2.32. The van der Waals surface area contributed by atoms with Gasteiger partial charge in [0.05, 0.1) is 17.5 Å². The van der Waals surface area contributed by atoms with E-state index in [1.54, 1.807) is 19.1 Å². The van der Waals surface area contributed by atoms with Gasteiger partial charge in [0.2, 0.25) is 5.91 Å². The number of ether oxygens (including phenoxy) is 2. The number of phenolic OH excluding ortho intramolecular Hbond substituents is 1. The third-order valence-corrected chi connectivity index (χ3v) is 9.03. The third-order valence-electron chi connectivity index (χ3n) is 7.64. The van der Waals surface area contributed by atoms with Gasteiger partial charge in [-0.05, 0) is 44.9 Å². The second kappa shape index (κ2) is 15.6. The van der Waals surface area contributed by atoms with E-state index in [4.69, 9.17) is 21.1 Å². The highest BCUT2D eigenvalue weighted by Gasteiger charge is 2.48. The van der Waals surface area contributed by atoms with Crippen LogP contribution in [0.2, 0.25) is 0 Å². The first-order chi connectivity index (χ1) is 19.0. The first-order valence-electron chi connectivity index (χ1n) is 14.0. The zero-order chi connectivity index (χ0) is 29.4. The number of nitrogens with zero attached hydrogens (tertiary/aromatic N) is 1. The standard InChI is InChI=1S/C28H43ClN2O8S/c1-4-5-6-9-17-14-19(31(3)15-17)26(36)30-21(16(2)29)25-23(34)22(33)24(35)28(39-25)40-13-12-38-27(37)18-10-7-8-11-20(18)32/h7-8,10-11,16-17,19,21-25,28,32-35H,4-6,9,12-15H2,1-3H3,(H,30,36)/t16-,17+,19-,21+,22-,23+,24+,25+,28+/m0/s1. The summed E-state index contributed by atoms with van der Waals surface area (Å²) in [4.78, 5) is 27.6. The number of likely N-dealkylation sites (N-methyl/N-ethyl adjacent to an activating group) is 1. The SMILES string of the molecule is CCCCC[C@@H]1C[C@@H](C(=O)N[C@@H]([C@H]2O[C@H](SCCOC(=O)c3ccccc3O)[C@H](O)[C@@H](O)[C@H]2O)[C@H](C)Cl)N(C)C1. The monoisotopic (exact) mass is 602 g/mol. The molecule has 3 rings (SSSR count). The second-order valence-corrected chi connectivity index (χ2v) is 12.6. The molecule has 10 nitrogen and oxygen atoms in total. The van der Waals surface area contributed by atoms with Crippen molar-refractivity contribution in [2.45, 2.75) is 93.3 Å². The fourth-order valence-electron chi connectivity index (χ4n) is 5.35. The molecule has 2 aliphatic heterocycles. The summed E-state index contributed by atoms with van der Waals surface area (Å²) in [6.45, 7) is 4.63. The van der Waals surface area contributed by atoms with Gasteiger partial charge in [-0.25, -0.2) is 4.79 Å². The van der Waals surface area contributed by atoms with Crippen LogP contribution in [-0.2, 0) is 14.3 Å². The number of thioether (sulfide) groups is 1. The number of amides is 1. The Balaban J connectivity index is 1.58. The number of hydrogen-bond acceptors (Lipinski definition) is 10. The number of benzene rings is 1. The summed E-state index contributed by atoms with van der Waals surface area (Å²) in [5.41, 5.74) is -0.936. The van der Waals surface area contributed by atoms with E-state index >= 15 is 0 Å². The molecule has 9 atom stereocenters. The molecule has 2 saturated heterocycles. The summed E-state index contributed by atoms with van der Waals surface area (Å²) in [7, 11) is 1.92.